The summed E-state index contributed by atoms with van der Waals surface area (Å²) < 4.78 is 2.04. The zero-order valence-electron chi connectivity index (χ0n) is 12.2. The van der Waals surface area contributed by atoms with Gasteiger partial charge in [0.1, 0.15) is 0 Å². The lowest BCUT2D eigenvalue weighted by atomic mass is 10.1. The van der Waals surface area contributed by atoms with Crippen molar-refractivity contribution in [1.29, 1.82) is 0 Å². The summed E-state index contributed by atoms with van der Waals surface area (Å²) in [7, 11) is 0. The molecule has 2 rings (SSSR count). The second-order valence-electron chi connectivity index (χ2n) is 4.78. The van der Waals surface area contributed by atoms with Gasteiger partial charge in [-0.2, -0.15) is 5.10 Å². The predicted molar refractivity (Wildman–Crippen MR) is 82.0 cm³/mol. The fourth-order valence-electron chi connectivity index (χ4n) is 2.41. The van der Waals surface area contributed by atoms with E-state index in [1.165, 1.54) is 5.69 Å². The Bertz CT molecular complexity index is 565. The van der Waals surface area contributed by atoms with E-state index in [2.05, 4.69) is 35.3 Å². The number of pyridine rings is 1. The molecule has 0 aliphatic heterocycles. The Kier molecular flexibility index (Phi) is 5.15. The maximum atomic E-state index is 6.27. The maximum Gasteiger partial charge on any atom is 0.0762 e. The molecule has 2 heterocycles. The van der Waals surface area contributed by atoms with Crippen LogP contribution in [0.25, 0.3) is 0 Å². The van der Waals surface area contributed by atoms with Gasteiger partial charge in [0.15, 0.2) is 0 Å². The molecule has 0 saturated carbocycles. The molecule has 20 heavy (non-hydrogen) atoms. The quantitative estimate of drug-likeness (QED) is 0.889. The van der Waals surface area contributed by atoms with Crippen LogP contribution in [0.15, 0.2) is 24.4 Å². The van der Waals surface area contributed by atoms with Crippen molar-refractivity contribution in [1.82, 2.24) is 20.1 Å². The molecule has 0 fully saturated rings. The number of hydrogen-bond acceptors (Lipinski definition) is 3. The SMILES string of the molecule is CCNC(Cc1cc(C)nn1CC)c1ncccc1Cl. The summed E-state index contributed by atoms with van der Waals surface area (Å²) in [4.78, 5) is 4.43. The summed E-state index contributed by atoms with van der Waals surface area (Å²) in [6, 6.07) is 5.98. The van der Waals surface area contributed by atoms with Crippen LogP contribution in [-0.4, -0.2) is 21.3 Å². The number of aromatic nitrogens is 3. The molecule has 4 nitrogen and oxygen atoms in total. The van der Waals surface area contributed by atoms with Crippen LogP contribution < -0.4 is 5.32 Å². The van der Waals surface area contributed by atoms with Crippen LogP contribution >= 0.6 is 11.6 Å². The second-order valence-corrected chi connectivity index (χ2v) is 5.18. The number of halogens is 1. The van der Waals surface area contributed by atoms with Crippen LogP contribution in [0.3, 0.4) is 0 Å². The smallest absolute Gasteiger partial charge is 0.0762 e. The Balaban J connectivity index is 2.28. The zero-order valence-corrected chi connectivity index (χ0v) is 13.0. The minimum Gasteiger partial charge on any atom is -0.309 e. The molecule has 0 saturated heterocycles. The Morgan fingerprint density at radius 1 is 1.40 bits per heavy atom. The van der Waals surface area contributed by atoms with Gasteiger partial charge in [-0.15, -0.1) is 0 Å². The fourth-order valence-corrected chi connectivity index (χ4v) is 2.67. The lowest BCUT2D eigenvalue weighted by molar-refractivity contribution is 0.507. The van der Waals surface area contributed by atoms with Crippen LogP contribution in [0, 0.1) is 6.92 Å². The second kappa shape index (κ2) is 6.86. The standard InChI is InChI=1S/C15H21ClN4/c1-4-17-14(15-13(16)7-6-8-18-15)10-12-9-11(3)19-20(12)5-2/h6-9,14,17H,4-5,10H2,1-3H3. The Morgan fingerprint density at radius 3 is 2.85 bits per heavy atom. The number of hydrogen-bond donors (Lipinski definition) is 1. The molecular formula is C15H21ClN4. The molecule has 0 aliphatic carbocycles. The summed E-state index contributed by atoms with van der Waals surface area (Å²) in [5.41, 5.74) is 3.15. The Hall–Kier alpha value is -1.39. The molecule has 1 unspecified atom stereocenters. The van der Waals surface area contributed by atoms with E-state index in [4.69, 9.17) is 11.6 Å². The van der Waals surface area contributed by atoms with E-state index in [1.807, 2.05) is 23.7 Å². The van der Waals surface area contributed by atoms with E-state index < -0.39 is 0 Å². The van der Waals surface area contributed by atoms with Crippen molar-refractivity contribution < 1.29 is 0 Å². The first kappa shape index (κ1) is 15.0. The summed E-state index contributed by atoms with van der Waals surface area (Å²) in [5, 5.41) is 8.66. The molecule has 1 N–H and O–H groups in total. The van der Waals surface area contributed by atoms with E-state index in [0.29, 0.717) is 5.02 Å². The van der Waals surface area contributed by atoms with Gasteiger partial charge >= 0.3 is 0 Å². The molecule has 5 heteroatoms. The molecule has 0 amide bonds. The molecule has 0 bridgehead atoms. The average Bonchev–Trinajstić information content (AvgIpc) is 2.79. The third kappa shape index (κ3) is 3.38. The zero-order chi connectivity index (χ0) is 14.5. The fraction of sp³-hybridized carbons (Fsp3) is 0.467. The third-order valence-electron chi connectivity index (χ3n) is 3.27. The molecule has 0 aliphatic rings. The van der Waals surface area contributed by atoms with Crippen LogP contribution in [0.5, 0.6) is 0 Å². The van der Waals surface area contributed by atoms with Crippen molar-refractivity contribution in [3.8, 4) is 0 Å². The Morgan fingerprint density at radius 2 is 2.20 bits per heavy atom. The van der Waals surface area contributed by atoms with Crippen molar-refractivity contribution in [3.05, 3.63) is 46.5 Å². The highest BCUT2D eigenvalue weighted by Gasteiger charge is 2.18. The van der Waals surface area contributed by atoms with E-state index >= 15 is 0 Å². The first-order chi connectivity index (χ1) is 9.65. The molecule has 1 atom stereocenters. The van der Waals surface area contributed by atoms with Gasteiger partial charge in [0.25, 0.3) is 0 Å². The Labute approximate surface area is 125 Å². The molecular weight excluding hydrogens is 272 g/mol. The van der Waals surface area contributed by atoms with Crippen LogP contribution in [-0.2, 0) is 13.0 Å². The molecule has 2 aromatic rings. The van der Waals surface area contributed by atoms with Gasteiger partial charge < -0.3 is 5.32 Å². The lowest BCUT2D eigenvalue weighted by Crippen LogP contribution is -2.25. The van der Waals surface area contributed by atoms with E-state index in [0.717, 1.165) is 30.9 Å². The number of rotatable bonds is 6. The highest BCUT2D eigenvalue weighted by Crippen LogP contribution is 2.23. The summed E-state index contributed by atoms with van der Waals surface area (Å²) in [6.45, 7) is 7.96. The van der Waals surface area contributed by atoms with E-state index in [-0.39, 0.29) is 6.04 Å². The van der Waals surface area contributed by atoms with Gasteiger partial charge in [0.2, 0.25) is 0 Å². The van der Waals surface area contributed by atoms with Gasteiger partial charge in [-0.05, 0) is 38.6 Å². The van der Waals surface area contributed by atoms with Crippen LogP contribution in [0.4, 0.5) is 0 Å². The van der Waals surface area contributed by atoms with Crippen molar-refractivity contribution in [2.45, 2.75) is 39.8 Å². The highest BCUT2D eigenvalue weighted by molar-refractivity contribution is 6.31. The van der Waals surface area contributed by atoms with Crippen LogP contribution in [0.2, 0.25) is 5.02 Å². The number of nitrogens with one attached hydrogen (secondary N) is 1. The van der Waals surface area contributed by atoms with Gasteiger partial charge in [0.05, 0.1) is 22.5 Å². The molecule has 0 aromatic carbocycles. The monoisotopic (exact) mass is 292 g/mol. The highest BCUT2D eigenvalue weighted by atomic mass is 35.5. The van der Waals surface area contributed by atoms with Crippen molar-refractivity contribution >= 4 is 11.6 Å². The first-order valence-corrected chi connectivity index (χ1v) is 7.40. The number of aryl methyl sites for hydroxylation is 2. The number of nitrogens with zero attached hydrogens (tertiary/aromatic N) is 3. The van der Waals surface area contributed by atoms with Crippen molar-refractivity contribution in [2.24, 2.45) is 0 Å². The van der Waals surface area contributed by atoms with E-state index in [9.17, 15) is 0 Å². The van der Waals surface area contributed by atoms with Gasteiger partial charge in [-0.1, -0.05) is 18.5 Å². The van der Waals surface area contributed by atoms with E-state index in [1.54, 1.807) is 6.20 Å². The maximum absolute atomic E-state index is 6.27. The van der Waals surface area contributed by atoms with Crippen molar-refractivity contribution in [2.75, 3.05) is 6.54 Å². The average molecular weight is 293 g/mol. The van der Waals surface area contributed by atoms with Gasteiger partial charge in [-0.25, -0.2) is 0 Å². The molecule has 108 valence electrons. The van der Waals surface area contributed by atoms with Crippen molar-refractivity contribution in [3.63, 3.8) is 0 Å². The predicted octanol–water partition coefficient (Wildman–Crippen LogP) is 3.15. The molecule has 0 radical (unpaired) electrons. The third-order valence-corrected chi connectivity index (χ3v) is 3.59. The summed E-state index contributed by atoms with van der Waals surface area (Å²) in [6.07, 6.45) is 2.62. The molecule has 2 aromatic heterocycles. The first-order valence-electron chi connectivity index (χ1n) is 7.02. The van der Waals surface area contributed by atoms with Gasteiger partial charge in [-0.3, -0.25) is 9.67 Å². The largest absolute Gasteiger partial charge is 0.309 e. The summed E-state index contributed by atoms with van der Waals surface area (Å²) in [5.74, 6) is 0. The van der Waals surface area contributed by atoms with Gasteiger partial charge in [0, 0.05) is 24.9 Å². The minimum absolute atomic E-state index is 0.107. The lowest BCUT2D eigenvalue weighted by Gasteiger charge is -2.18. The summed E-state index contributed by atoms with van der Waals surface area (Å²) >= 11 is 6.27. The van der Waals surface area contributed by atoms with Crippen LogP contribution in [0.1, 0.15) is 37.0 Å². The normalized spacial score (nSPS) is 12.6. The minimum atomic E-state index is 0.107. The molecule has 0 spiro atoms. The number of likely N-dealkylation sites (N-methyl/N-ethyl adjacent to an activating group) is 1. The topological polar surface area (TPSA) is 42.7 Å².